The van der Waals surface area contributed by atoms with Crippen molar-refractivity contribution in [1.82, 2.24) is 15.2 Å². The van der Waals surface area contributed by atoms with E-state index in [0.717, 1.165) is 11.1 Å². The first-order valence-corrected chi connectivity index (χ1v) is 6.81. The highest BCUT2D eigenvalue weighted by Crippen LogP contribution is 2.30. The van der Waals surface area contributed by atoms with Gasteiger partial charge in [-0.25, -0.2) is 4.98 Å². The van der Waals surface area contributed by atoms with Gasteiger partial charge in [-0.2, -0.15) is 0 Å². The second-order valence-electron chi connectivity index (χ2n) is 3.35. The van der Waals surface area contributed by atoms with Crippen LogP contribution in [0.3, 0.4) is 0 Å². The number of hydrogen-bond donors (Lipinski definition) is 0. The minimum atomic E-state index is 0.342. The summed E-state index contributed by atoms with van der Waals surface area (Å²) >= 11 is 13.6. The third-order valence-electron chi connectivity index (χ3n) is 2.33. The molecule has 2 rings (SSSR count). The van der Waals surface area contributed by atoms with Crippen molar-refractivity contribution in [2.24, 2.45) is 0 Å². The molecule has 17 heavy (non-hydrogen) atoms. The number of thioether (sulfide) groups is 1. The summed E-state index contributed by atoms with van der Waals surface area (Å²) in [5.74, 6) is 0. The fourth-order valence-electron chi connectivity index (χ4n) is 1.41. The van der Waals surface area contributed by atoms with E-state index in [1.165, 1.54) is 11.8 Å². The van der Waals surface area contributed by atoms with E-state index in [0.29, 0.717) is 21.0 Å². The predicted octanol–water partition coefficient (Wildman–Crippen LogP) is 3.88. The number of benzene rings is 1. The SMILES string of the molecule is CSc1nnc(-c2cccc(Cl)c2C)c(Cl)n1. The molecule has 0 saturated carbocycles. The van der Waals surface area contributed by atoms with Crippen molar-refractivity contribution in [3.63, 3.8) is 0 Å². The molecule has 0 radical (unpaired) electrons. The van der Waals surface area contributed by atoms with Gasteiger partial charge < -0.3 is 0 Å². The van der Waals surface area contributed by atoms with Gasteiger partial charge in [-0.3, -0.25) is 0 Å². The number of aromatic nitrogens is 3. The Hall–Kier alpha value is -0.840. The molecule has 0 aliphatic carbocycles. The van der Waals surface area contributed by atoms with E-state index in [1.54, 1.807) is 0 Å². The monoisotopic (exact) mass is 285 g/mol. The van der Waals surface area contributed by atoms with Gasteiger partial charge in [0, 0.05) is 10.6 Å². The fourth-order valence-corrected chi connectivity index (χ4v) is 2.16. The normalized spacial score (nSPS) is 10.6. The van der Waals surface area contributed by atoms with Gasteiger partial charge in [-0.1, -0.05) is 47.1 Å². The highest BCUT2D eigenvalue weighted by atomic mass is 35.5. The molecule has 0 unspecified atom stereocenters. The second kappa shape index (κ2) is 5.21. The second-order valence-corrected chi connectivity index (χ2v) is 4.89. The molecule has 0 amide bonds. The third-order valence-corrected chi connectivity index (χ3v) is 3.54. The highest BCUT2D eigenvalue weighted by Gasteiger charge is 2.12. The Balaban J connectivity index is 2.57. The van der Waals surface area contributed by atoms with Crippen LogP contribution in [0.25, 0.3) is 11.3 Å². The molecule has 3 nitrogen and oxygen atoms in total. The molecule has 0 spiro atoms. The van der Waals surface area contributed by atoms with E-state index in [9.17, 15) is 0 Å². The Bertz CT molecular complexity index is 560. The van der Waals surface area contributed by atoms with Crippen LogP contribution in [0.2, 0.25) is 10.2 Å². The lowest BCUT2D eigenvalue weighted by Gasteiger charge is -2.07. The number of halogens is 2. The molecule has 0 bridgehead atoms. The van der Waals surface area contributed by atoms with Crippen LogP contribution in [0.15, 0.2) is 23.4 Å². The van der Waals surface area contributed by atoms with E-state index in [4.69, 9.17) is 23.2 Å². The van der Waals surface area contributed by atoms with Gasteiger partial charge in [-0.15, -0.1) is 10.2 Å². The van der Waals surface area contributed by atoms with Crippen molar-refractivity contribution < 1.29 is 0 Å². The van der Waals surface area contributed by atoms with Crippen LogP contribution in [0, 0.1) is 6.92 Å². The van der Waals surface area contributed by atoms with Gasteiger partial charge in [0.15, 0.2) is 5.15 Å². The first-order chi connectivity index (χ1) is 8.13. The summed E-state index contributed by atoms with van der Waals surface area (Å²) in [6.45, 7) is 1.91. The molecule has 0 saturated heterocycles. The molecule has 1 aromatic heterocycles. The molecule has 0 fully saturated rings. The quantitative estimate of drug-likeness (QED) is 0.785. The minimum Gasteiger partial charge on any atom is -0.207 e. The Kier molecular flexibility index (Phi) is 3.86. The molecule has 0 aliphatic heterocycles. The van der Waals surface area contributed by atoms with E-state index < -0.39 is 0 Å². The van der Waals surface area contributed by atoms with Gasteiger partial charge in [-0.05, 0) is 24.8 Å². The number of hydrogen-bond acceptors (Lipinski definition) is 4. The lowest BCUT2D eigenvalue weighted by Crippen LogP contribution is -1.96. The van der Waals surface area contributed by atoms with Crippen molar-refractivity contribution in [2.75, 3.05) is 6.26 Å². The summed E-state index contributed by atoms with van der Waals surface area (Å²) in [7, 11) is 0. The molecule has 88 valence electrons. The maximum Gasteiger partial charge on any atom is 0.210 e. The van der Waals surface area contributed by atoms with Gasteiger partial charge >= 0.3 is 0 Å². The average molecular weight is 286 g/mol. The van der Waals surface area contributed by atoms with Gasteiger partial charge in [0.1, 0.15) is 5.69 Å². The van der Waals surface area contributed by atoms with Crippen LogP contribution in [0.1, 0.15) is 5.56 Å². The topological polar surface area (TPSA) is 38.7 Å². The zero-order valence-corrected chi connectivity index (χ0v) is 11.6. The molecular formula is C11H9Cl2N3S. The third kappa shape index (κ3) is 2.54. The van der Waals surface area contributed by atoms with E-state index in [2.05, 4.69) is 15.2 Å². The standard InChI is InChI=1S/C11H9Cl2N3S/c1-6-7(4-3-5-8(6)12)9-10(13)14-11(17-2)16-15-9/h3-5H,1-2H3. The molecule has 1 heterocycles. The average Bonchev–Trinajstić information content (AvgIpc) is 2.33. The first-order valence-electron chi connectivity index (χ1n) is 4.83. The van der Waals surface area contributed by atoms with E-state index in [-0.39, 0.29) is 0 Å². The van der Waals surface area contributed by atoms with Crippen LogP contribution >= 0.6 is 35.0 Å². The lowest BCUT2D eigenvalue weighted by molar-refractivity contribution is 0.847. The molecule has 0 atom stereocenters. The zero-order chi connectivity index (χ0) is 12.4. The van der Waals surface area contributed by atoms with Gasteiger partial charge in [0.25, 0.3) is 0 Å². The molecule has 1 aromatic carbocycles. The lowest BCUT2D eigenvalue weighted by atomic mass is 10.1. The Morgan fingerprint density at radius 3 is 2.59 bits per heavy atom. The maximum atomic E-state index is 6.10. The first kappa shape index (κ1) is 12.6. The van der Waals surface area contributed by atoms with Crippen LogP contribution < -0.4 is 0 Å². The molecule has 2 aromatic rings. The van der Waals surface area contributed by atoms with Crippen LogP contribution in [0.4, 0.5) is 0 Å². The number of rotatable bonds is 2. The van der Waals surface area contributed by atoms with E-state index >= 15 is 0 Å². The molecule has 0 aliphatic rings. The Morgan fingerprint density at radius 2 is 1.94 bits per heavy atom. The summed E-state index contributed by atoms with van der Waals surface area (Å²) in [6.07, 6.45) is 1.87. The summed E-state index contributed by atoms with van der Waals surface area (Å²) in [5.41, 5.74) is 2.34. The van der Waals surface area contributed by atoms with Crippen LogP contribution in [-0.4, -0.2) is 21.4 Å². The maximum absolute atomic E-state index is 6.10. The smallest absolute Gasteiger partial charge is 0.207 e. The molecular weight excluding hydrogens is 277 g/mol. The van der Waals surface area contributed by atoms with Crippen molar-refractivity contribution >= 4 is 35.0 Å². The van der Waals surface area contributed by atoms with E-state index in [1.807, 2.05) is 31.4 Å². The summed E-state index contributed by atoms with van der Waals surface area (Å²) in [5, 5.41) is 9.65. The summed E-state index contributed by atoms with van der Waals surface area (Å²) in [6, 6.07) is 5.58. The fraction of sp³-hybridized carbons (Fsp3) is 0.182. The Labute approximate surface area is 114 Å². The van der Waals surface area contributed by atoms with Crippen molar-refractivity contribution in [3.8, 4) is 11.3 Å². The summed E-state index contributed by atoms with van der Waals surface area (Å²) < 4.78 is 0. The molecule has 0 N–H and O–H groups in total. The minimum absolute atomic E-state index is 0.342. The molecule has 6 heteroatoms. The summed E-state index contributed by atoms with van der Waals surface area (Å²) in [4.78, 5) is 4.15. The van der Waals surface area contributed by atoms with Gasteiger partial charge in [0.05, 0.1) is 0 Å². The van der Waals surface area contributed by atoms with Crippen molar-refractivity contribution in [2.45, 2.75) is 12.1 Å². The van der Waals surface area contributed by atoms with Crippen molar-refractivity contribution in [1.29, 1.82) is 0 Å². The predicted molar refractivity (Wildman–Crippen MR) is 71.8 cm³/mol. The van der Waals surface area contributed by atoms with Crippen molar-refractivity contribution in [3.05, 3.63) is 33.9 Å². The van der Waals surface area contributed by atoms with Crippen LogP contribution in [-0.2, 0) is 0 Å². The van der Waals surface area contributed by atoms with Gasteiger partial charge in [0.2, 0.25) is 5.16 Å². The zero-order valence-electron chi connectivity index (χ0n) is 9.24. The number of nitrogens with zero attached hydrogens (tertiary/aromatic N) is 3. The highest BCUT2D eigenvalue weighted by molar-refractivity contribution is 7.98. The van der Waals surface area contributed by atoms with Crippen LogP contribution in [0.5, 0.6) is 0 Å². The largest absolute Gasteiger partial charge is 0.210 e. The Morgan fingerprint density at radius 1 is 1.18 bits per heavy atom.